The van der Waals surface area contributed by atoms with Crippen molar-refractivity contribution in [2.75, 3.05) is 0 Å². The van der Waals surface area contributed by atoms with E-state index < -0.39 is 7.26 Å². The van der Waals surface area contributed by atoms with Gasteiger partial charge < -0.3 is 4.42 Å². The van der Waals surface area contributed by atoms with E-state index in [1.165, 1.54) is 0 Å². The summed E-state index contributed by atoms with van der Waals surface area (Å²) in [5, 5.41) is 2.04. The van der Waals surface area contributed by atoms with Crippen molar-refractivity contribution < 1.29 is 13.2 Å². The fraction of sp³-hybridized carbons (Fsp3) is 0.0952. The predicted octanol–water partition coefficient (Wildman–Crippen LogP) is 15.9. The van der Waals surface area contributed by atoms with Crippen molar-refractivity contribution in [1.29, 1.82) is 0 Å². The third-order valence-electron chi connectivity index (χ3n) is 14.0. The highest BCUT2D eigenvalue weighted by atomic mass is 19.1. The van der Waals surface area contributed by atoms with Gasteiger partial charge >= 0.3 is 7.26 Å². The standard InChI is InChI=1S/C63H49BFN2O/c1-38-14-26-44(27-15-38)54-56(46-30-18-40(3)19-31-46)61-58(52-12-9-11-51-50-10-7-8-13-53(50)68-63(51)52)62-57(47-32-20-41(4)21-33-47)55(45-28-16-39(2)17-29-45)60(49-36-24-43(6)25-37-49)67(62)64(65)66(61)59(54)48-34-22-42(5)23-35-48/h7-37H,1-6H3/q+1. The first-order valence-corrected chi connectivity index (χ1v) is 23.5. The van der Waals surface area contributed by atoms with Crippen molar-refractivity contribution in [3.05, 3.63) is 255 Å². The normalized spacial score (nSPS) is 13.6. The second-order valence-electron chi connectivity index (χ2n) is 18.8. The van der Waals surface area contributed by atoms with Crippen LogP contribution in [0.3, 0.4) is 0 Å². The Labute approximate surface area is 397 Å². The summed E-state index contributed by atoms with van der Waals surface area (Å²) in [7, 11) is -1.70. The lowest BCUT2D eigenvalue weighted by Crippen LogP contribution is -2.41. The van der Waals surface area contributed by atoms with E-state index in [1.807, 2.05) is 21.1 Å². The minimum Gasteiger partial charge on any atom is -0.455 e. The molecule has 8 aromatic carbocycles. The monoisotopic (exact) mass is 879 g/mol. The molecule has 2 aliphatic heterocycles. The van der Waals surface area contributed by atoms with Crippen LogP contribution >= 0.6 is 0 Å². The number of rotatable bonds is 7. The van der Waals surface area contributed by atoms with Crippen LogP contribution in [0.4, 0.5) is 4.32 Å². The van der Waals surface area contributed by atoms with Gasteiger partial charge in [-0.1, -0.05) is 203 Å². The second kappa shape index (κ2) is 16.1. The summed E-state index contributed by atoms with van der Waals surface area (Å²) in [5.74, 6) is 0. The van der Waals surface area contributed by atoms with Crippen molar-refractivity contribution in [2.45, 2.75) is 41.5 Å². The number of allylic oxidation sites excluding steroid dienone is 2. The summed E-state index contributed by atoms with van der Waals surface area (Å²) < 4.78 is 31.1. The molecule has 0 spiro atoms. The molecule has 0 aliphatic carbocycles. The molecule has 0 radical (unpaired) electrons. The molecule has 5 heteroatoms. The number of aryl methyl sites for hydroxylation is 6. The number of furan rings is 1. The maximum Gasteiger partial charge on any atom is 0.847 e. The quantitative estimate of drug-likeness (QED) is 0.146. The van der Waals surface area contributed by atoms with E-state index in [0.717, 1.165) is 145 Å². The Hall–Kier alpha value is -8.02. The average Bonchev–Trinajstić information content (AvgIpc) is 4.03. The van der Waals surface area contributed by atoms with Crippen molar-refractivity contribution >= 4 is 51.6 Å². The Kier molecular flexibility index (Phi) is 9.81. The first kappa shape index (κ1) is 41.4. The van der Waals surface area contributed by atoms with Gasteiger partial charge in [0.2, 0.25) is 11.4 Å². The summed E-state index contributed by atoms with van der Waals surface area (Å²) in [5.41, 5.74) is 23.2. The minimum atomic E-state index is -1.70. The van der Waals surface area contributed by atoms with Crippen LogP contribution in [0.25, 0.3) is 72.2 Å². The van der Waals surface area contributed by atoms with Gasteiger partial charge in [0, 0.05) is 33.0 Å². The van der Waals surface area contributed by atoms with Gasteiger partial charge in [-0.15, -0.1) is 0 Å². The van der Waals surface area contributed by atoms with E-state index in [9.17, 15) is 0 Å². The lowest BCUT2D eigenvalue weighted by Gasteiger charge is -2.24. The first-order chi connectivity index (χ1) is 33.1. The van der Waals surface area contributed by atoms with Crippen LogP contribution in [-0.2, 0) is 0 Å². The second-order valence-corrected chi connectivity index (χ2v) is 18.8. The molecule has 0 atom stereocenters. The molecule has 4 heterocycles. The Morgan fingerprint density at radius 2 is 0.824 bits per heavy atom. The maximum absolute atomic E-state index is 20.0. The maximum atomic E-state index is 20.0. The zero-order valence-electron chi connectivity index (χ0n) is 39.2. The van der Waals surface area contributed by atoms with Crippen LogP contribution in [0.1, 0.15) is 61.3 Å². The van der Waals surface area contributed by atoms with E-state index in [1.54, 1.807) is 0 Å². The molecule has 0 saturated heterocycles. The average molecular weight is 880 g/mol. The Morgan fingerprint density at radius 3 is 1.35 bits per heavy atom. The van der Waals surface area contributed by atoms with Gasteiger partial charge in [0.15, 0.2) is 0 Å². The molecule has 0 unspecified atom stereocenters. The lowest BCUT2D eigenvalue weighted by molar-refractivity contribution is -0.331. The van der Waals surface area contributed by atoms with Gasteiger partial charge in [0.25, 0.3) is 0 Å². The molecule has 2 aliphatic rings. The number of fused-ring (bicyclic) bond motifs is 5. The van der Waals surface area contributed by atoms with Crippen molar-refractivity contribution in [3.63, 3.8) is 0 Å². The van der Waals surface area contributed by atoms with E-state index in [4.69, 9.17) is 4.42 Å². The van der Waals surface area contributed by atoms with Gasteiger partial charge in [-0.25, -0.2) is 8.80 Å². The molecule has 2 aromatic heterocycles. The Bertz CT molecular complexity index is 3740. The highest BCUT2D eigenvalue weighted by Crippen LogP contribution is 2.56. The number of para-hydroxylation sites is 2. The van der Waals surface area contributed by atoms with Crippen LogP contribution < -0.4 is 0 Å². The number of hydrogen-bond acceptors (Lipinski definition) is 1. The lowest BCUT2D eigenvalue weighted by atomic mass is 9.82. The van der Waals surface area contributed by atoms with Gasteiger partial charge in [-0.05, 0) is 87.6 Å². The number of halogens is 1. The molecule has 326 valence electrons. The molecular weight excluding hydrogens is 831 g/mol. The molecule has 0 fully saturated rings. The predicted molar refractivity (Wildman–Crippen MR) is 282 cm³/mol. The molecule has 0 N–H and O–H groups in total. The number of nitrogens with zero attached hydrogens (tertiary/aromatic N) is 2. The molecular formula is C63H49BFN2O+. The van der Waals surface area contributed by atoms with Crippen molar-refractivity contribution in [2.24, 2.45) is 0 Å². The fourth-order valence-corrected chi connectivity index (χ4v) is 10.5. The van der Waals surface area contributed by atoms with E-state index in [2.05, 4.69) is 217 Å². The number of aromatic nitrogens is 1. The molecule has 0 amide bonds. The number of hydrogen-bond donors (Lipinski definition) is 0. The molecule has 68 heavy (non-hydrogen) atoms. The molecule has 3 nitrogen and oxygen atoms in total. The highest BCUT2D eigenvalue weighted by molar-refractivity contribution is 6.51. The van der Waals surface area contributed by atoms with E-state index in [-0.39, 0.29) is 0 Å². The van der Waals surface area contributed by atoms with Crippen LogP contribution in [0.15, 0.2) is 198 Å². The summed E-state index contributed by atoms with van der Waals surface area (Å²) in [6.07, 6.45) is 0. The van der Waals surface area contributed by atoms with Gasteiger partial charge in [-0.3, -0.25) is 4.48 Å². The van der Waals surface area contributed by atoms with Gasteiger partial charge in [0.05, 0.1) is 28.1 Å². The zero-order chi connectivity index (χ0) is 46.4. The van der Waals surface area contributed by atoms with Crippen molar-refractivity contribution in [3.8, 4) is 33.5 Å². The summed E-state index contributed by atoms with van der Waals surface area (Å²) in [6.45, 7) is 12.7. The Balaban J connectivity index is 1.37. The fourth-order valence-electron chi connectivity index (χ4n) is 10.5. The molecule has 12 rings (SSSR count). The highest BCUT2D eigenvalue weighted by Gasteiger charge is 2.57. The number of benzene rings is 8. The summed E-state index contributed by atoms with van der Waals surface area (Å²) >= 11 is 0. The first-order valence-electron chi connectivity index (χ1n) is 23.5. The molecule has 0 saturated carbocycles. The Morgan fingerprint density at radius 1 is 0.397 bits per heavy atom. The molecule has 0 bridgehead atoms. The summed E-state index contributed by atoms with van der Waals surface area (Å²) in [4.78, 5) is 0. The SMILES string of the molecule is Cc1ccc(C2=C(c3ccc(C)cc3)C(c3ccc(C)cc3)=[N+]3B(F)n4c(c(-c5ccc(C)cc5)c(-c5ccc(C)cc5)c4-c4ccc(C)cc4)C(c4cccc5c4oc4ccccc45)=C23)cc1. The molecule has 10 aromatic rings. The largest absolute Gasteiger partial charge is 0.847 e. The van der Waals surface area contributed by atoms with Gasteiger partial charge in [0.1, 0.15) is 11.2 Å². The van der Waals surface area contributed by atoms with E-state index in [0.29, 0.717) is 0 Å². The topological polar surface area (TPSA) is 21.1 Å². The zero-order valence-corrected chi connectivity index (χ0v) is 39.2. The third kappa shape index (κ3) is 6.59. The van der Waals surface area contributed by atoms with Crippen LogP contribution in [0.2, 0.25) is 0 Å². The third-order valence-corrected chi connectivity index (χ3v) is 14.0. The van der Waals surface area contributed by atoms with Crippen LogP contribution in [0.5, 0.6) is 0 Å². The van der Waals surface area contributed by atoms with Crippen molar-refractivity contribution in [1.82, 2.24) is 4.48 Å². The van der Waals surface area contributed by atoms with Crippen LogP contribution in [-0.4, -0.2) is 21.9 Å². The van der Waals surface area contributed by atoms with Crippen LogP contribution in [0, 0.1) is 41.5 Å². The smallest absolute Gasteiger partial charge is 0.455 e. The summed E-state index contributed by atoms with van der Waals surface area (Å²) in [6, 6.07) is 66.9. The van der Waals surface area contributed by atoms with E-state index >= 15 is 4.32 Å². The van der Waals surface area contributed by atoms with Gasteiger partial charge in [-0.2, -0.15) is 0 Å². The minimum absolute atomic E-state index is 0.758.